The van der Waals surface area contributed by atoms with Gasteiger partial charge in [0.25, 0.3) is 5.56 Å². The molecule has 2 rings (SSSR count). The Morgan fingerprint density at radius 2 is 2.11 bits per heavy atom. The Morgan fingerprint density at radius 3 is 2.78 bits per heavy atom. The molecule has 0 aliphatic heterocycles. The molecular weight excluding hydrogens is 373 g/mol. The summed E-state index contributed by atoms with van der Waals surface area (Å²) in [5, 5.41) is -0.304. The first-order valence-corrected chi connectivity index (χ1v) is 8.99. The van der Waals surface area contributed by atoms with Gasteiger partial charge >= 0.3 is 5.97 Å². The van der Waals surface area contributed by atoms with Crippen LogP contribution in [0.15, 0.2) is 40.3 Å². The summed E-state index contributed by atoms with van der Waals surface area (Å²) in [6, 6.07) is 7.25. The zero-order valence-corrected chi connectivity index (χ0v) is 16.0. The topological polar surface area (TPSA) is 92.4 Å². The maximum atomic E-state index is 13.3. The van der Waals surface area contributed by atoms with Gasteiger partial charge in [0.15, 0.2) is 5.16 Å². The van der Waals surface area contributed by atoms with E-state index in [-0.39, 0.29) is 35.5 Å². The van der Waals surface area contributed by atoms with Crippen LogP contribution < -0.4 is 5.56 Å². The zero-order chi connectivity index (χ0) is 20.0. The number of amides is 1. The van der Waals surface area contributed by atoms with Crippen LogP contribution in [0.25, 0.3) is 0 Å². The number of halogens is 1. The van der Waals surface area contributed by atoms with Gasteiger partial charge in [-0.15, -0.1) is 0 Å². The molecule has 0 saturated carbocycles. The number of hydrogen-bond acceptors (Lipinski definition) is 6. The van der Waals surface area contributed by atoms with E-state index in [1.807, 2.05) is 0 Å². The fourth-order valence-corrected chi connectivity index (χ4v) is 3.31. The zero-order valence-electron chi connectivity index (χ0n) is 15.2. The maximum absolute atomic E-state index is 13.3. The number of thioether (sulfide) groups is 1. The summed E-state index contributed by atoms with van der Waals surface area (Å²) >= 11 is 1.07. The second-order valence-electron chi connectivity index (χ2n) is 5.88. The molecule has 0 unspecified atom stereocenters. The van der Waals surface area contributed by atoms with Crippen molar-refractivity contribution >= 4 is 23.6 Å². The number of methoxy groups -OCH3 is 1. The molecule has 1 aromatic carbocycles. The van der Waals surface area contributed by atoms with Gasteiger partial charge in [0, 0.05) is 19.7 Å². The highest BCUT2D eigenvalue weighted by Gasteiger charge is 2.20. The van der Waals surface area contributed by atoms with Crippen molar-refractivity contribution in [1.29, 1.82) is 0 Å². The lowest BCUT2D eigenvalue weighted by atomic mass is 10.2. The van der Waals surface area contributed by atoms with Crippen LogP contribution in [0.1, 0.15) is 18.2 Å². The molecule has 27 heavy (non-hydrogen) atoms. The lowest BCUT2D eigenvalue weighted by molar-refractivity contribution is -0.139. The van der Waals surface area contributed by atoms with Crippen LogP contribution in [0.2, 0.25) is 0 Å². The highest BCUT2D eigenvalue weighted by Crippen LogP contribution is 2.21. The molecule has 0 fully saturated rings. The first kappa shape index (κ1) is 20.6. The van der Waals surface area contributed by atoms with Gasteiger partial charge in [0.1, 0.15) is 5.82 Å². The smallest absolute Gasteiger partial charge is 0.311 e. The molecule has 1 aromatic heterocycles. The van der Waals surface area contributed by atoms with Crippen LogP contribution in [0.3, 0.4) is 0 Å². The number of rotatable bonds is 7. The molecule has 0 aliphatic carbocycles. The third-order valence-electron chi connectivity index (χ3n) is 3.65. The molecule has 0 bridgehead atoms. The number of aromatic amines is 1. The summed E-state index contributed by atoms with van der Waals surface area (Å²) in [4.78, 5) is 43.9. The molecule has 144 valence electrons. The molecule has 9 heteroatoms. The van der Waals surface area contributed by atoms with Gasteiger partial charge in [-0.05, 0) is 24.6 Å². The third-order valence-corrected chi connectivity index (χ3v) is 4.62. The predicted octanol–water partition coefficient (Wildman–Crippen LogP) is 1.76. The number of aromatic nitrogens is 2. The monoisotopic (exact) mass is 393 g/mol. The molecule has 1 amide bonds. The molecule has 1 N–H and O–H groups in total. The number of nitrogens with zero attached hydrogens (tertiary/aromatic N) is 2. The highest BCUT2D eigenvalue weighted by molar-refractivity contribution is 8.00. The Morgan fingerprint density at radius 1 is 1.37 bits per heavy atom. The Hall–Kier alpha value is -2.68. The summed E-state index contributed by atoms with van der Waals surface area (Å²) < 4.78 is 17.8. The second kappa shape index (κ2) is 9.31. The number of ether oxygens (including phenoxy) is 1. The van der Waals surface area contributed by atoms with E-state index in [9.17, 15) is 18.8 Å². The quantitative estimate of drug-likeness (QED) is 0.438. The van der Waals surface area contributed by atoms with Gasteiger partial charge in [-0.2, -0.15) is 0 Å². The number of H-pyrrole nitrogens is 1. The molecule has 0 saturated heterocycles. The van der Waals surface area contributed by atoms with E-state index in [1.54, 1.807) is 26.1 Å². The normalized spacial score (nSPS) is 11.7. The third kappa shape index (κ3) is 6.21. The van der Waals surface area contributed by atoms with Gasteiger partial charge in [0.05, 0.1) is 24.5 Å². The van der Waals surface area contributed by atoms with Gasteiger partial charge in [-0.1, -0.05) is 23.9 Å². The first-order chi connectivity index (χ1) is 12.8. The number of carbonyl (C=O) groups is 2. The average Bonchev–Trinajstić information content (AvgIpc) is 2.60. The second-order valence-corrected chi connectivity index (χ2v) is 7.21. The Balaban J connectivity index is 2.04. The van der Waals surface area contributed by atoms with Crippen molar-refractivity contribution < 1.29 is 18.7 Å². The van der Waals surface area contributed by atoms with Gasteiger partial charge in [0.2, 0.25) is 5.91 Å². The van der Waals surface area contributed by atoms with E-state index in [1.165, 1.54) is 30.2 Å². The van der Waals surface area contributed by atoms with Crippen molar-refractivity contribution in [3.63, 3.8) is 0 Å². The van der Waals surface area contributed by atoms with E-state index < -0.39 is 16.8 Å². The molecular formula is C18H20FN3O4S. The van der Waals surface area contributed by atoms with Crippen molar-refractivity contribution in [2.75, 3.05) is 14.2 Å². The average molecular weight is 393 g/mol. The summed E-state index contributed by atoms with van der Waals surface area (Å²) in [6.45, 7) is 1.94. The largest absolute Gasteiger partial charge is 0.469 e. The van der Waals surface area contributed by atoms with Crippen molar-refractivity contribution in [3.05, 3.63) is 57.8 Å². The van der Waals surface area contributed by atoms with Crippen molar-refractivity contribution in [1.82, 2.24) is 14.9 Å². The minimum Gasteiger partial charge on any atom is -0.469 e. The van der Waals surface area contributed by atoms with Gasteiger partial charge in [-0.3, -0.25) is 14.4 Å². The van der Waals surface area contributed by atoms with E-state index >= 15 is 0 Å². The molecule has 7 nitrogen and oxygen atoms in total. The molecule has 0 spiro atoms. The Kier molecular flexibility index (Phi) is 7.12. The van der Waals surface area contributed by atoms with Crippen LogP contribution in [0, 0.1) is 5.82 Å². The SMILES string of the molecule is COC(=O)Cc1cc(=O)[nH]c(S[C@H](C)C(=O)N(C)Cc2cccc(F)c2)n1. The van der Waals surface area contributed by atoms with Crippen molar-refractivity contribution in [2.24, 2.45) is 0 Å². The maximum Gasteiger partial charge on any atom is 0.311 e. The van der Waals surface area contributed by atoms with E-state index in [4.69, 9.17) is 0 Å². The highest BCUT2D eigenvalue weighted by atomic mass is 32.2. The number of nitrogens with one attached hydrogen (secondary N) is 1. The lowest BCUT2D eigenvalue weighted by Gasteiger charge is -2.21. The Bertz CT molecular complexity index is 887. The summed E-state index contributed by atoms with van der Waals surface area (Å²) in [6.07, 6.45) is -0.129. The molecule has 1 atom stereocenters. The summed E-state index contributed by atoms with van der Waals surface area (Å²) in [7, 11) is 2.87. The predicted molar refractivity (Wildman–Crippen MR) is 98.8 cm³/mol. The molecule has 0 aliphatic rings. The molecule has 1 heterocycles. The molecule has 0 radical (unpaired) electrons. The minimum absolute atomic E-state index is 0.129. The fourth-order valence-electron chi connectivity index (χ4n) is 2.37. The van der Waals surface area contributed by atoms with Crippen LogP contribution in [0.4, 0.5) is 4.39 Å². The van der Waals surface area contributed by atoms with Crippen LogP contribution in [-0.4, -0.2) is 46.2 Å². The summed E-state index contributed by atoms with van der Waals surface area (Å²) in [5.74, 6) is -1.08. The van der Waals surface area contributed by atoms with Gasteiger partial charge in [-0.25, -0.2) is 9.37 Å². The van der Waals surface area contributed by atoms with E-state index in [0.29, 0.717) is 5.56 Å². The van der Waals surface area contributed by atoms with Crippen LogP contribution in [0.5, 0.6) is 0 Å². The molecule has 2 aromatic rings. The van der Waals surface area contributed by atoms with Crippen LogP contribution in [-0.2, 0) is 27.3 Å². The van der Waals surface area contributed by atoms with Crippen molar-refractivity contribution in [2.45, 2.75) is 30.3 Å². The fraction of sp³-hybridized carbons (Fsp3) is 0.333. The summed E-state index contributed by atoms with van der Waals surface area (Å²) in [5.41, 5.74) is 0.523. The standard InChI is InChI=1S/C18H20FN3O4S/c1-11(17(25)22(2)10-12-5-4-6-13(19)7-12)27-18-20-14(8-15(23)21-18)9-16(24)26-3/h4-8,11H,9-10H2,1-3H3,(H,20,21,23)/t11-/m1/s1. The number of esters is 1. The first-order valence-electron chi connectivity index (χ1n) is 8.11. The Labute approximate surface area is 159 Å². The van der Waals surface area contributed by atoms with Gasteiger partial charge < -0.3 is 14.6 Å². The minimum atomic E-state index is -0.542. The number of benzene rings is 1. The van der Waals surface area contributed by atoms with Crippen LogP contribution >= 0.6 is 11.8 Å². The number of carbonyl (C=O) groups excluding carboxylic acids is 2. The van der Waals surface area contributed by atoms with E-state index in [0.717, 1.165) is 11.8 Å². The number of hydrogen-bond donors (Lipinski definition) is 1. The van der Waals surface area contributed by atoms with E-state index in [2.05, 4.69) is 14.7 Å². The lowest BCUT2D eigenvalue weighted by Crippen LogP contribution is -2.33. The van der Waals surface area contributed by atoms with Crippen molar-refractivity contribution in [3.8, 4) is 0 Å².